The van der Waals surface area contributed by atoms with Gasteiger partial charge in [-0.25, -0.2) is 5.84 Å². The minimum absolute atomic E-state index is 0. The quantitative estimate of drug-likeness (QED) is 0.218. The van der Waals surface area contributed by atoms with E-state index < -0.39 is 0 Å². The molecule has 1 aliphatic rings. The summed E-state index contributed by atoms with van der Waals surface area (Å²) in [5.74, 6) is 14.4. The summed E-state index contributed by atoms with van der Waals surface area (Å²) < 4.78 is 0. The zero-order valence-corrected chi connectivity index (χ0v) is 10.9. The molecular formula is C9H24N4O2S2. The lowest BCUT2D eigenvalue weighted by Crippen LogP contribution is -2.29. The van der Waals surface area contributed by atoms with Crippen molar-refractivity contribution in [2.24, 2.45) is 17.5 Å². The molecule has 0 radical (unpaired) electrons. The number of nitrogens with two attached hydrogens (primary N) is 3. The number of carbonyl (C=O) groups excluding carboxylic acids is 2. The molecule has 1 rings (SSSR count). The van der Waals surface area contributed by atoms with Gasteiger partial charge in [0.25, 0.3) is 0 Å². The van der Waals surface area contributed by atoms with Gasteiger partial charge in [-0.15, -0.1) is 0 Å². The first-order chi connectivity index (χ1) is 7.70. The predicted octanol–water partition coefficient (Wildman–Crippen LogP) is 0.181. The molecule has 0 atom stereocenters. The van der Waals surface area contributed by atoms with Crippen LogP contribution < -0.4 is 23.0 Å². The van der Waals surface area contributed by atoms with Crippen LogP contribution in [0.4, 0.5) is 0 Å². The van der Waals surface area contributed by atoms with Gasteiger partial charge in [0.2, 0.25) is 5.91 Å². The number of carbonyl (C=O) groups is 2. The summed E-state index contributed by atoms with van der Waals surface area (Å²) in [7, 11) is 0. The highest BCUT2D eigenvalue weighted by Crippen LogP contribution is 2.17. The van der Waals surface area contributed by atoms with Crippen LogP contribution in [0.1, 0.15) is 33.1 Å². The Morgan fingerprint density at radius 2 is 2.06 bits per heavy atom. The van der Waals surface area contributed by atoms with Gasteiger partial charge in [-0.05, 0) is 18.6 Å². The molecule has 17 heavy (non-hydrogen) atoms. The third-order valence-corrected chi connectivity index (χ3v) is 2.85. The van der Waals surface area contributed by atoms with Crippen LogP contribution in [0.2, 0.25) is 0 Å². The van der Waals surface area contributed by atoms with E-state index in [-0.39, 0.29) is 13.3 Å². The zero-order chi connectivity index (χ0) is 12.8. The number of hydrogen-bond acceptors (Lipinski definition) is 7. The first-order valence-electron chi connectivity index (χ1n) is 4.80. The molecule has 1 fully saturated rings. The van der Waals surface area contributed by atoms with Gasteiger partial charge in [0.05, 0.1) is 0 Å². The Morgan fingerprint density at radius 1 is 1.47 bits per heavy atom. The molecule has 7 N–H and O–H groups in total. The second-order valence-corrected chi connectivity index (χ2v) is 4.32. The van der Waals surface area contributed by atoms with Crippen LogP contribution in [0, 0.1) is 0 Å². The molecule has 1 saturated heterocycles. The fraction of sp³-hybridized carbons (Fsp3) is 0.778. The Hall–Kier alpha value is -0.280. The van der Waals surface area contributed by atoms with Gasteiger partial charge >= 0.3 is 0 Å². The second kappa shape index (κ2) is 18.1. The van der Waals surface area contributed by atoms with Gasteiger partial charge in [0, 0.05) is 18.6 Å². The number of rotatable bonds is 3. The monoisotopic (exact) mass is 284 g/mol. The predicted molar refractivity (Wildman–Crippen MR) is 77.2 cm³/mol. The van der Waals surface area contributed by atoms with Crippen molar-refractivity contribution in [2.45, 2.75) is 33.1 Å². The fourth-order valence-electron chi connectivity index (χ4n) is 0.786. The highest BCUT2D eigenvalue weighted by atomic mass is 32.2. The molecule has 0 unspecified atom stereocenters. The van der Waals surface area contributed by atoms with Crippen LogP contribution >= 0.6 is 24.4 Å². The van der Waals surface area contributed by atoms with Crippen LogP contribution in [0.3, 0.4) is 0 Å². The molecule has 0 aromatic carbocycles. The molecule has 6 nitrogen and oxygen atoms in total. The first-order valence-corrected chi connectivity index (χ1v) is 6.41. The highest BCUT2D eigenvalue weighted by molar-refractivity contribution is 8.14. The van der Waals surface area contributed by atoms with E-state index in [0.29, 0.717) is 11.5 Å². The van der Waals surface area contributed by atoms with Crippen molar-refractivity contribution >= 4 is 35.4 Å². The van der Waals surface area contributed by atoms with Gasteiger partial charge in [-0.1, -0.05) is 19.2 Å². The minimum atomic E-state index is -0.126. The van der Waals surface area contributed by atoms with E-state index in [2.05, 4.69) is 24.3 Å². The molecule has 0 bridgehead atoms. The molecule has 8 heteroatoms. The molecule has 1 amide bonds. The van der Waals surface area contributed by atoms with Crippen molar-refractivity contribution in [3.63, 3.8) is 0 Å². The van der Waals surface area contributed by atoms with E-state index in [4.69, 9.17) is 5.84 Å². The fourth-order valence-corrected chi connectivity index (χ4v) is 1.75. The summed E-state index contributed by atoms with van der Waals surface area (Å²) in [5, 5.41) is 0.370. The van der Waals surface area contributed by atoms with Crippen LogP contribution in [0.5, 0.6) is 0 Å². The van der Waals surface area contributed by atoms with E-state index in [1.54, 1.807) is 0 Å². The molecular weight excluding hydrogens is 260 g/mol. The second-order valence-electron chi connectivity index (χ2n) is 2.72. The van der Waals surface area contributed by atoms with Crippen molar-refractivity contribution < 1.29 is 9.59 Å². The lowest BCUT2D eigenvalue weighted by Gasteiger charge is -1.93. The summed E-state index contributed by atoms with van der Waals surface area (Å²) in [6.07, 6.45) is 3.17. The van der Waals surface area contributed by atoms with Gasteiger partial charge in [-0.2, -0.15) is 12.6 Å². The smallest absolute Gasteiger partial charge is 0.233 e. The lowest BCUT2D eigenvalue weighted by molar-refractivity contribution is -0.121. The third-order valence-electron chi connectivity index (χ3n) is 1.51. The average molecular weight is 284 g/mol. The molecule has 1 heterocycles. The SMILES string of the molecule is C.NN.NNC(=O)CCCS.O=C1CCCS1. The van der Waals surface area contributed by atoms with E-state index in [1.807, 2.05) is 5.43 Å². The maximum absolute atomic E-state index is 10.3. The molecule has 0 aromatic heterocycles. The number of hydrazine groups is 2. The van der Waals surface area contributed by atoms with Crippen molar-refractivity contribution in [3.05, 3.63) is 0 Å². The molecule has 1 aliphatic heterocycles. The van der Waals surface area contributed by atoms with Crippen LogP contribution in [-0.2, 0) is 9.59 Å². The Balaban J connectivity index is -0.000000195. The van der Waals surface area contributed by atoms with Crippen molar-refractivity contribution in [1.29, 1.82) is 0 Å². The third kappa shape index (κ3) is 18.3. The Labute approximate surface area is 113 Å². The standard InChI is InChI=1S/C4H10N2OS.C4H6OS.CH4.H4N2/c5-6-4(7)2-1-3-8;5-4-2-1-3-6-4;;1-2/h8H,1-3,5H2,(H,6,7);1-3H2;1H4;1-2H2. The summed E-state index contributed by atoms with van der Waals surface area (Å²) in [6.45, 7) is 0. The number of hydrogen-bond donors (Lipinski definition) is 5. The number of thioether (sulfide) groups is 1. The number of amides is 1. The van der Waals surface area contributed by atoms with Gasteiger partial charge in [-0.3, -0.25) is 26.7 Å². The first kappa shape index (κ1) is 21.9. The van der Waals surface area contributed by atoms with Crippen molar-refractivity contribution in [3.8, 4) is 0 Å². The molecule has 104 valence electrons. The maximum atomic E-state index is 10.3. The van der Waals surface area contributed by atoms with Gasteiger partial charge in [0.15, 0.2) is 5.12 Å². The largest absolute Gasteiger partial charge is 0.294 e. The van der Waals surface area contributed by atoms with E-state index in [0.717, 1.165) is 30.8 Å². The molecule has 0 aliphatic carbocycles. The Kier molecular flexibility index (Phi) is 23.4. The molecule has 0 aromatic rings. The Morgan fingerprint density at radius 3 is 2.29 bits per heavy atom. The van der Waals surface area contributed by atoms with E-state index in [1.165, 1.54) is 11.8 Å². The number of thiol groups is 1. The summed E-state index contributed by atoms with van der Waals surface area (Å²) in [6, 6.07) is 0. The minimum Gasteiger partial charge on any atom is -0.294 e. The van der Waals surface area contributed by atoms with Gasteiger partial charge in [0.1, 0.15) is 0 Å². The van der Waals surface area contributed by atoms with Crippen LogP contribution in [-0.4, -0.2) is 22.5 Å². The highest BCUT2D eigenvalue weighted by Gasteiger charge is 2.08. The van der Waals surface area contributed by atoms with Crippen LogP contribution in [0.15, 0.2) is 0 Å². The van der Waals surface area contributed by atoms with E-state index in [9.17, 15) is 9.59 Å². The van der Waals surface area contributed by atoms with Crippen LogP contribution in [0.25, 0.3) is 0 Å². The maximum Gasteiger partial charge on any atom is 0.233 e. The summed E-state index contributed by atoms with van der Waals surface area (Å²) in [5.41, 5.74) is 2.03. The molecule has 0 spiro atoms. The van der Waals surface area contributed by atoms with Crippen molar-refractivity contribution in [2.75, 3.05) is 11.5 Å². The zero-order valence-electron chi connectivity index (χ0n) is 9.15. The normalized spacial score (nSPS) is 12.4. The number of nitrogens with one attached hydrogen (secondary N) is 1. The van der Waals surface area contributed by atoms with Crippen molar-refractivity contribution in [1.82, 2.24) is 5.43 Å². The van der Waals surface area contributed by atoms with Gasteiger partial charge < -0.3 is 0 Å². The van der Waals surface area contributed by atoms with E-state index >= 15 is 0 Å². The Bertz CT molecular complexity index is 186. The summed E-state index contributed by atoms with van der Waals surface area (Å²) in [4.78, 5) is 20.5. The molecule has 0 saturated carbocycles. The lowest BCUT2D eigenvalue weighted by atomic mass is 10.3. The average Bonchev–Trinajstić information content (AvgIpc) is 2.80. The summed E-state index contributed by atoms with van der Waals surface area (Å²) >= 11 is 5.37. The topological polar surface area (TPSA) is 124 Å².